The van der Waals surface area contributed by atoms with Crippen LogP contribution in [0.15, 0.2) is 43.8 Å². The Morgan fingerprint density at radius 3 is 2.75 bits per heavy atom. The number of likely N-dealkylation sites (tertiary alicyclic amines) is 1. The van der Waals surface area contributed by atoms with Gasteiger partial charge >= 0.3 is 0 Å². The first kappa shape index (κ1) is 26.2. The lowest BCUT2D eigenvalue weighted by Gasteiger charge is -2.33. The zero-order valence-corrected chi connectivity index (χ0v) is 21.4. The highest BCUT2D eigenvalue weighted by Gasteiger charge is 2.26. The number of aromatic nitrogens is 3. The molecule has 0 radical (unpaired) electrons. The van der Waals surface area contributed by atoms with E-state index >= 15 is 0 Å². The van der Waals surface area contributed by atoms with E-state index in [2.05, 4.69) is 35.5 Å². The van der Waals surface area contributed by atoms with Crippen molar-refractivity contribution in [1.29, 1.82) is 0 Å². The van der Waals surface area contributed by atoms with Crippen molar-refractivity contribution in [2.45, 2.75) is 38.3 Å². The molecule has 0 spiro atoms. The van der Waals surface area contributed by atoms with Gasteiger partial charge in [-0.05, 0) is 38.4 Å². The number of carbonyl (C=O) groups excluding carboxylic acids is 1. The topological polar surface area (TPSA) is 126 Å². The van der Waals surface area contributed by atoms with Crippen molar-refractivity contribution in [2.75, 3.05) is 33.3 Å². The van der Waals surface area contributed by atoms with Crippen molar-refractivity contribution in [3.63, 3.8) is 0 Å². The van der Waals surface area contributed by atoms with Gasteiger partial charge in [0.15, 0.2) is 5.65 Å². The number of pyridine rings is 1. The van der Waals surface area contributed by atoms with Gasteiger partial charge in [-0.1, -0.05) is 11.6 Å². The maximum absolute atomic E-state index is 12.5. The van der Waals surface area contributed by atoms with Crippen LogP contribution in [0.1, 0.15) is 25.7 Å². The van der Waals surface area contributed by atoms with Crippen LogP contribution in [-0.2, 0) is 11.3 Å². The predicted molar refractivity (Wildman–Crippen MR) is 140 cm³/mol. The van der Waals surface area contributed by atoms with Crippen molar-refractivity contribution < 1.29 is 9.53 Å². The number of nitrogens with one attached hydrogen (secondary N) is 2. The Morgan fingerprint density at radius 1 is 1.17 bits per heavy atom. The van der Waals surface area contributed by atoms with E-state index < -0.39 is 0 Å². The summed E-state index contributed by atoms with van der Waals surface area (Å²) >= 11 is 6.31. The lowest BCUT2D eigenvalue weighted by Crippen LogP contribution is -2.48. The normalized spacial score (nSPS) is 18.8. The van der Waals surface area contributed by atoms with Crippen LogP contribution in [0.3, 0.4) is 0 Å². The Labute approximate surface area is 219 Å². The van der Waals surface area contributed by atoms with Crippen LogP contribution >= 0.6 is 24.0 Å². The van der Waals surface area contributed by atoms with Crippen LogP contribution in [0, 0.1) is 0 Å². The summed E-state index contributed by atoms with van der Waals surface area (Å²) in [6, 6.07) is 3.88. The summed E-state index contributed by atoms with van der Waals surface area (Å²) in [4.78, 5) is 43.6. The maximum Gasteiger partial charge on any atom is 0.270 e. The van der Waals surface area contributed by atoms with E-state index in [1.807, 2.05) is 6.07 Å². The fraction of sp³-hybridized carbons (Fsp3) is 0.478. The standard InChI is InChI=1S/C23H27ClN8O3.ClH/c1-35-19-5-3-16-23(30-19)32(20(34)13-26-16)11-10-31-8-6-14(7-9-31)25-12-17-27-21(24)15-2-4-18(33)29-22(15)28-17;/h3,5,13-14,25H,2,4,6-12H2,1H3,(H,27,28,29,33);1H. The number of halogens is 2. The molecule has 36 heavy (non-hydrogen) atoms. The van der Waals surface area contributed by atoms with Gasteiger partial charge in [0.1, 0.15) is 22.3 Å². The van der Waals surface area contributed by atoms with Gasteiger partial charge in [-0.25, -0.2) is 9.98 Å². The zero-order chi connectivity index (χ0) is 24.4. The zero-order valence-electron chi connectivity index (χ0n) is 19.9. The average molecular weight is 535 g/mol. The molecule has 192 valence electrons. The van der Waals surface area contributed by atoms with E-state index in [9.17, 15) is 9.59 Å². The molecule has 13 heteroatoms. The second-order valence-corrected chi connectivity index (χ2v) is 9.11. The fourth-order valence-corrected chi connectivity index (χ4v) is 4.82. The van der Waals surface area contributed by atoms with Gasteiger partial charge in [-0.15, -0.1) is 12.4 Å². The van der Waals surface area contributed by atoms with Crippen molar-refractivity contribution in [3.05, 3.63) is 39.4 Å². The lowest BCUT2D eigenvalue weighted by molar-refractivity contribution is -0.117. The Balaban J connectivity index is 0.00000304. The molecule has 1 fully saturated rings. The molecule has 0 aliphatic carbocycles. The number of ether oxygens (including phenoxy) is 1. The molecule has 2 aromatic rings. The van der Waals surface area contributed by atoms with E-state index in [0.717, 1.165) is 38.0 Å². The summed E-state index contributed by atoms with van der Waals surface area (Å²) < 4.78 is 6.87. The third-order valence-electron chi connectivity index (χ3n) is 6.52. The molecule has 0 unspecified atom stereocenters. The quantitative estimate of drug-likeness (QED) is 0.511. The van der Waals surface area contributed by atoms with Gasteiger partial charge in [0, 0.05) is 37.2 Å². The van der Waals surface area contributed by atoms with E-state index in [4.69, 9.17) is 16.3 Å². The smallest absolute Gasteiger partial charge is 0.270 e. The van der Waals surface area contributed by atoms with E-state index in [-0.39, 0.29) is 23.9 Å². The largest absolute Gasteiger partial charge is 0.481 e. The Kier molecular flexibility index (Phi) is 8.35. The second kappa shape index (κ2) is 11.5. The predicted octanol–water partition coefficient (Wildman–Crippen LogP) is 1.45. The van der Waals surface area contributed by atoms with Gasteiger partial charge in [-0.2, -0.15) is 9.98 Å². The Hall–Kier alpha value is -2.86. The highest BCUT2D eigenvalue weighted by molar-refractivity contribution is 6.35. The summed E-state index contributed by atoms with van der Waals surface area (Å²) in [5.41, 5.74) is 1.83. The molecule has 3 aliphatic rings. The minimum absolute atomic E-state index is 0. The monoisotopic (exact) mass is 534 g/mol. The van der Waals surface area contributed by atoms with Gasteiger partial charge in [0.25, 0.3) is 5.56 Å². The number of methoxy groups -OCH3 is 1. The van der Waals surface area contributed by atoms with Crippen LogP contribution in [0.5, 0.6) is 5.88 Å². The highest BCUT2D eigenvalue weighted by Crippen LogP contribution is 2.24. The van der Waals surface area contributed by atoms with Crippen molar-refractivity contribution in [3.8, 4) is 5.88 Å². The number of amidine groups is 2. The number of fused-ring (bicyclic) bond motifs is 2. The molecule has 1 amide bonds. The van der Waals surface area contributed by atoms with E-state index in [0.29, 0.717) is 65.8 Å². The molecule has 0 saturated carbocycles. The molecule has 0 atom stereocenters. The molecule has 0 aromatic carbocycles. The van der Waals surface area contributed by atoms with Crippen LogP contribution < -0.4 is 20.9 Å². The Bertz CT molecular complexity index is 1300. The number of piperidine rings is 1. The first-order chi connectivity index (χ1) is 17.0. The van der Waals surface area contributed by atoms with E-state index in [1.54, 1.807) is 17.7 Å². The van der Waals surface area contributed by atoms with E-state index in [1.165, 1.54) is 6.20 Å². The third-order valence-corrected chi connectivity index (χ3v) is 6.83. The summed E-state index contributed by atoms with van der Waals surface area (Å²) in [5.74, 6) is 1.51. The number of hydrogen-bond acceptors (Lipinski definition) is 9. The first-order valence-electron chi connectivity index (χ1n) is 11.7. The molecule has 11 nitrogen and oxygen atoms in total. The number of aliphatic imine (C=N–C) groups is 2. The molecule has 3 aliphatic heterocycles. The van der Waals surface area contributed by atoms with Crippen molar-refractivity contribution in [1.82, 2.24) is 30.1 Å². The molecular formula is C23H28Cl2N8O3. The Morgan fingerprint density at radius 2 is 1.97 bits per heavy atom. The van der Waals surface area contributed by atoms with Gasteiger partial charge in [0.05, 0.1) is 19.9 Å². The number of rotatable bonds is 7. The van der Waals surface area contributed by atoms with Crippen LogP contribution in [0.25, 0.3) is 11.2 Å². The minimum Gasteiger partial charge on any atom is -0.481 e. The SMILES string of the molecule is COc1ccc2ncc(=O)n(CCN3CCC(NCC4=NC(Cl)=C5CCC(=O)N=C5N4)CC3)c2n1.Cl. The van der Waals surface area contributed by atoms with Crippen molar-refractivity contribution in [2.24, 2.45) is 9.98 Å². The molecule has 2 N–H and O–H groups in total. The second-order valence-electron chi connectivity index (χ2n) is 8.75. The molecule has 0 bridgehead atoms. The summed E-state index contributed by atoms with van der Waals surface area (Å²) in [5, 5.41) is 7.08. The molecule has 5 heterocycles. The van der Waals surface area contributed by atoms with Crippen molar-refractivity contribution >= 4 is 52.8 Å². The molecule has 1 saturated heterocycles. The van der Waals surface area contributed by atoms with Crippen LogP contribution in [0.2, 0.25) is 0 Å². The lowest BCUT2D eigenvalue weighted by atomic mass is 10.0. The number of nitrogens with zero attached hydrogens (tertiary/aromatic N) is 6. The summed E-state index contributed by atoms with van der Waals surface area (Å²) in [6.07, 6.45) is 4.22. The number of amides is 1. The number of carbonyl (C=O) groups is 1. The van der Waals surface area contributed by atoms with Gasteiger partial charge in [-0.3, -0.25) is 14.2 Å². The third kappa shape index (κ3) is 5.75. The summed E-state index contributed by atoms with van der Waals surface area (Å²) in [6.45, 7) is 3.63. The van der Waals surface area contributed by atoms with Gasteiger partial charge in [0.2, 0.25) is 11.8 Å². The maximum atomic E-state index is 12.5. The van der Waals surface area contributed by atoms with Crippen LogP contribution in [-0.4, -0.2) is 76.3 Å². The molecular weight excluding hydrogens is 507 g/mol. The van der Waals surface area contributed by atoms with Gasteiger partial charge < -0.3 is 20.3 Å². The van der Waals surface area contributed by atoms with Crippen LogP contribution in [0.4, 0.5) is 0 Å². The first-order valence-corrected chi connectivity index (χ1v) is 12.1. The summed E-state index contributed by atoms with van der Waals surface area (Å²) in [7, 11) is 1.55. The fourth-order valence-electron chi connectivity index (χ4n) is 4.53. The highest BCUT2D eigenvalue weighted by atomic mass is 35.5. The molecule has 5 rings (SSSR count). The average Bonchev–Trinajstić information content (AvgIpc) is 2.87. The number of hydrogen-bond donors (Lipinski definition) is 2. The molecule has 2 aromatic heterocycles. The minimum atomic E-state index is -0.171.